The van der Waals surface area contributed by atoms with Crippen molar-refractivity contribution in [3.8, 4) is 11.5 Å². The summed E-state index contributed by atoms with van der Waals surface area (Å²) < 4.78 is 12.1. The van der Waals surface area contributed by atoms with Crippen LogP contribution in [0.15, 0.2) is 48.7 Å². The van der Waals surface area contributed by atoms with Gasteiger partial charge in [0.05, 0.1) is 16.7 Å². The molecule has 10 heteroatoms. The molecule has 0 saturated carbocycles. The topological polar surface area (TPSA) is 109 Å². The fourth-order valence-corrected chi connectivity index (χ4v) is 2.64. The summed E-state index contributed by atoms with van der Waals surface area (Å²) in [7, 11) is 1.51. The number of aromatic nitrogens is 2. The number of halogens is 1. The van der Waals surface area contributed by atoms with Crippen molar-refractivity contribution in [3.63, 3.8) is 0 Å². The molecule has 1 amide bonds. The Kier molecular flexibility index (Phi) is 6.10. The SMILES string of the molecule is COCn1ccc(C(=O)Nc2cc(Oc3ccc(Cl)c(C)c3)cc([N+](=O)[O-])c2)n1. The van der Waals surface area contributed by atoms with Crippen molar-refractivity contribution >= 4 is 28.9 Å². The minimum atomic E-state index is -0.567. The average molecular weight is 417 g/mol. The van der Waals surface area contributed by atoms with Crippen LogP contribution in [0.25, 0.3) is 0 Å². The minimum Gasteiger partial charge on any atom is -0.457 e. The summed E-state index contributed by atoms with van der Waals surface area (Å²) in [6.45, 7) is 2.01. The first kappa shape index (κ1) is 20.3. The molecule has 9 nitrogen and oxygen atoms in total. The Morgan fingerprint density at radius 3 is 2.72 bits per heavy atom. The third-order valence-electron chi connectivity index (χ3n) is 3.86. The first-order chi connectivity index (χ1) is 13.9. The molecule has 1 aromatic heterocycles. The lowest BCUT2D eigenvalue weighted by molar-refractivity contribution is -0.384. The van der Waals surface area contributed by atoms with Gasteiger partial charge < -0.3 is 14.8 Å². The molecular weight excluding hydrogens is 400 g/mol. The molecule has 150 valence electrons. The van der Waals surface area contributed by atoms with Crippen molar-refractivity contribution in [2.75, 3.05) is 12.4 Å². The zero-order valence-corrected chi connectivity index (χ0v) is 16.3. The second-order valence-corrected chi connectivity index (χ2v) is 6.51. The Bertz CT molecular complexity index is 1070. The van der Waals surface area contributed by atoms with E-state index in [1.807, 2.05) is 6.92 Å². The van der Waals surface area contributed by atoms with E-state index in [0.29, 0.717) is 10.8 Å². The number of methoxy groups -OCH3 is 1. The van der Waals surface area contributed by atoms with E-state index < -0.39 is 10.8 Å². The number of nitrogens with one attached hydrogen (secondary N) is 1. The Morgan fingerprint density at radius 2 is 2.03 bits per heavy atom. The van der Waals surface area contributed by atoms with Crippen LogP contribution in [0.3, 0.4) is 0 Å². The van der Waals surface area contributed by atoms with Crippen molar-refractivity contribution < 1.29 is 19.2 Å². The third kappa shape index (κ3) is 5.09. The number of rotatable bonds is 7. The minimum absolute atomic E-state index is 0.143. The van der Waals surface area contributed by atoms with Gasteiger partial charge >= 0.3 is 0 Å². The number of nitro groups is 1. The molecule has 29 heavy (non-hydrogen) atoms. The molecule has 1 heterocycles. The van der Waals surface area contributed by atoms with E-state index in [-0.39, 0.29) is 29.5 Å². The van der Waals surface area contributed by atoms with Gasteiger partial charge in [0.1, 0.15) is 18.2 Å². The van der Waals surface area contributed by atoms with E-state index in [1.54, 1.807) is 24.4 Å². The number of nitrogens with zero attached hydrogens (tertiary/aromatic N) is 3. The van der Waals surface area contributed by atoms with Crippen LogP contribution in [0.4, 0.5) is 11.4 Å². The van der Waals surface area contributed by atoms with Crippen LogP contribution in [0.1, 0.15) is 16.1 Å². The molecule has 3 rings (SSSR count). The highest BCUT2D eigenvalue weighted by molar-refractivity contribution is 6.31. The summed E-state index contributed by atoms with van der Waals surface area (Å²) >= 11 is 6.00. The van der Waals surface area contributed by atoms with Crippen LogP contribution in [-0.2, 0) is 11.5 Å². The van der Waals surface area contributed by atoms with E-state index in [1.165, 1.54) is 36.1 Å². The Balaban J connectivity index is 1.84. The smallest absolute Gasteiger partial charge is 0.276 e. The van der Waals surface area contributed by atoms with Crippen LogP contribution in [0, 0.1) is 17.0 Å². The molecule has 0 spiro atoms. The molecule has 0 unspecified atom stereocenters. The van der Waals surface area contributed by atoms with E-state index in [0.717, 1.165) is 5.56 Å². The highest BCUT2D eigenvalue weighted by atomic mass is 35.5. The molecule has 3 aromatic rings. The summed E-state index contributed by atoms with van der Waals surface area (Å²) in [5, 5.41) is 18.5. The Morgan fingerprint density at radius 1 is 1.24 bits per heavy atom. The highest BCUT2D eigenvalue weighted by Gasteiger charge is 2.15. The van der Waals surface area contributed by atoms with Crippen LogP contribution in [0.2, 0.25) is 5.02 Å². The van der Waals surface area contributed by atoms with Gasteiger partial charge in [0, 0.05) is 30.5 Å². The number of carbonyl (C=O) groups excluding carboxylic acids is 1. The van der Waals surface area contributed by atoms with Gasteiger partial charge in [-0.15, -0.1) is 0 Å². The molecule has 2 aromatic carbocycles. The van der Waals surface area contributed by atoms with Gasteiger partial charge in [-0.25, -0.2) is 4.68 Å². The number of amides is 1. The number of hydrogen-bond donors (Lipinski definition) is 1. The number of ether oxygens (including phenoxy) is 2. The molecular formula is C19H17ClN4O5. The van der Waals surface area contributed by atoms with Crippen molar-refractivity contribution in [1.82, 2.24) is 9.78 Å². The number of benzene rings is 2. The van der Waals surface area contributed by atoms with Gasteiger partial charge in [0.15, 0.2) is 5.69 Å². The average Bonchev–Trinajstić information content (AvgIpc) is 3.14. The molecule has 1 N–H and O–H groups in total. The van der Waals surface area contributed by atoms with Crippen molar-refractivity contribution in [1.29, 1.82) is 0 Å². The van der Waals surface area contributed by atoms with Crippen LogP contribution < -0.4 is 10.1 Å². The first-order valence-electron chi connectivity index (χ1n) is 8.43. The lowest BCUT2D eigenvalue weighted by atomic mass is 10.2. The number of anilines is 1. The third-order valence-corrected chi connectivity index (χ3v) is 4.28. The number of non-ortho nitro benzene ring substituents is 1. The van der Waals surface area contributed by atoms with Crippen LogP contribution >= 0.6 is 11.6 Å². The molecule has 0 fully saturated rings. The quantitative estimate of drug-likeness (QED) is 0.451. The van der Waals surface area contributed by atoms with Gasteiger partial charge in [-0.3, -0.25) is 14.9 Å². The van der Waals surface area contributed by atoms with Crippen molar-refractivity contribution in [2.45, 2.75) is 13.7 Å². The number of nitro benzene ring substituents is 1. The number of carbonyl (C=O) groups is 1. The first-order valence-corrected chi connectivity index (χ1v) is 8.81. The maximum absolute atomic E-state index is 12.4. The van der Waals surface area contributed by atoms with Gasteiger partial charge in [-0.2, -0.15) is 5.10 Å². The predicted molar refractivity (Wildman–Crippen MR) is 107 cm³/mol. The molecule has 0 aliphatic heterocycles. The second-order valence-electron chi connectivity index (χ2n) is 6.10. The van der Waals surface area contributed by atoms with Gasteiger partial charge in [0.2, 0.25) is 0 Å². The predicted octanol–water partition coefficient (Wildman–Crippen LogP) is 4.40. The standard InChI is InChI=1S/C19H17ClN4O5/c1-12-7-15(3-4-17(12)20)29-16-9-13(8-14(10-16)24(26)27)21-19(25)18-5-6-23(22-18)11-28-2/h3-10H,11H2,1-2H3,(H,21,25). The normalized spacial score (nSPS) is 10.6. The fourth-order valence-electron chi connectivity index (χ4n) is 2.52. The Hall–Kier alpha value is -3.43. The zero-order chi connectivity index (χ0) is 21.0. The maximum atomic E-state index is 12.4. The highest BCUT2D eigenvalue weighted by Crippen LogP contribution is 2.31. The number of hydrogen-bond acceptors (Lipinski definition) is 6. The lowest BCUT2D eigenvalue weighted by Gasteiger charge is -2.10. The largest absolute Gasteiger partial charge is 0.457 e. The molecule has 0 atom stereocenters. The summed E-state index contributed by atoms with van der Waals surface area (Å²) in [6.07, 6.45) is 1.59. The maximum Gasteiger partial charge on any atom is 0.276 e. The van der Waals surface area contributed by atoms with E-state index in [2.05, 4.69) is 10.4 Å². The summed E-state index contributed by atoms with van der Waals surface area (Å²) in [5.74, 6) is 0.137. The van der Waals surface area contributed by atoms with Crippen molar-refractivity contribution in [3.05, 3.63) is 75.1 Å². The molecule has 0 aliphatic carbocycles. The molecule has 0 saturated heterocycles. The lowest BCUT2D eigenvalue weighted by Crippen LogP contribution is -2.14. The zero-order valence-electron chi connectivity index (χ0n) is 15.6. The fraction of sp³-hybridized carbons (Fsp3) is 0.158. The van der Waals surface area contributed by atoms with E-state index >= 15 is 0 Å². The van der Waals surface area contributed by atoms with Crippen molar-refractivity contribution in [2.24, 2.45) is 0 Å². The summed E-state index contributed by atoms with van der Waals surface area (Å²) in [6, 6.07) is 10.5. The molecule has 0 radical (unpaired) electrons. The van der Waals surface area contributed by atoms with Gasteiger partial charge in [0.25, 0.3) is 11.6 Å². The van der Waals surface area contributed by atoms with Crippen LogP contribution in [-0.4, -0.2) is 27.7 Å². The monoisotopic (exact) mass is 416 g/mol. The van der Waals surface area contributed by atoms with Crippen LogP contribution in [0.5, 0.6) is 11.5 Å². The van der Waals surface area contributed by atoms with E-state index in [9.17, 15) is 14.9 Å². The molecule has 0 aliphatic rings. The second kappa shape index (κ2) is 8.72. The van der Waals surface area contributed by atoms with E-state index in [4.69, 9.17) is 21.1 Å². The summed E-state index contributed by atoms with van der Waals surface area (Å²) in [5.41, 5.74) is 0.915. The number of aryl methyl sites for hydroxylation is 1. The van der Waals surface area contributed by atoms with Gasteiger partial charge in [-0.05, 0) is 36.8 Å². The molecule has 0 bridgehead atoms. The Labute approximate surface area is 171 Å². The van der Waals surface area contributed by atoms with Gasteiger partial charge in [-0.1, -0.05) is 11.6 Å². The summed E-state index contributed by atoms with van der Waals surface area (Å²) in [4.78, 5) is 23.1.